The summed E-state index contributed by atoms with van der Waals surface area (Å²) in [7, 11) is 1.63. The van der Waals surface area contributed by atoms with Crippen LogP contribution in [0, 0.1) is 4.77 Å². The Morgan fingerprint density at radius 1 is 1.42 bits per heavy atom. The second-order valence-corrected chi connectivity index (χ2v) is 4.46. The third kappa shape index (κ3) is 2.96. The van der Waals surface area contributed by atoms with Gasteiger partial charge in [0.25, 0.3) is 0 Å². The number of benzene rings is 1. The van der Waals surface area contributed by atoms with Crippen LogP contribution in [0.4, 0.5) is 0 Å². The predicted octanol–water partition coefficient (Wildman–Crippen LogP) is 3.11. The lowest BCUT2D eigenvalue weighted by molar-refractivity contribution is 0.210. The number of hydrogen-bond donors (Lipinski definition) is 1. The molecule has 1 aromatic heterocycles. The smallest absolute Gasteiger partial charge is 0.195 e. The first kappa shape index (κ1) is 13.6. The molecule has 0 spiro atoms. The van der Waals surface area contributed by atoms with Crippen molar-refractivity contribution in [3.05, 3.63) is 34.9 Å². The number of rotatable bonds is 5. The van der Waals surface area contributed by atoms with Gasteiger partial charge in [0.15, 0.2) is 16.7 Å². The van der Waals surface area contributed by atoms with Crippen LogP contribution in [0.5, 0.6) is 11.5 Å². The van der Waals surface area contributed by atoms with Gasteiger partial charge in [-0.2, -0.15) is 5.10 Å². The molecule has 1 unspecified atom stereocenters. The summed E-state index contributed by atoms with van der Waals surface area (Å²) in [5.41, 5.74) is 0. The maximum absolute atomic E-state index is 5.87. The van der Waals surface area contributed by atoms with Crippen molar-refractivity contribution in [1.29, 1.82) is 0 Å². The van der Waals surface area contributed by atoms with E-state index in [1.165, 1.54) is 0 Å². The molecule has 0 fully saturated rings. The van der Waals surface area contributed by atoms with E-state index in [1.54, 1.807) is 7.11 Å². The zero-order chi connectivity index (χ0) is 13.8. The highest BCUT2D eigenvalue weighted by molar-refractivity contribution is 7.71. The van der Waals surface area contributed by atoms with E-state index in [0.29, 0.717) is 4.77 Å². The van der Waals surface area contributed by atoms with Gasteiger partial charge in [-0.3, -0.25) is 5.10 Å². The summed E-state index contributed by atoms with van der Waals surface area (Å²) in [6, 6.07) is 7.49. The van der Waals surface area contributed by atoms with Crippen molar-refractivity contribution in [1.82, 2.24) is 14.8 Å². The van der Waals surface area contributed by atoms with E-state index in [1.807, 2.05) is 42.7 Å². The van der Waals surface area contributed by atoms with Gasteiger partial charge in [0.1, 0.15) is 11.5 Å². The van der Waals surface area contributed by atoms with Gasteiger partial charge >= 0.3 is 0 Å². The Kier molecular flexibility index (Phi) is 4.21. The van der Waals surface area contributed by atoms with Crippen LogP contribution in [-0.4, -0.2) is 21.9 Å². The fraction of sp³-hybridized carbons (Fsp3) is 0.385. The van der Waals surface area contributed by atoms with E-state index in [-0.39, 0.29) is 6.10 Å². The molecule has 0 bridgehead atoms. The summed E-state index contributed by atoms with van der Waals surface area (Å²) >= 11 is 5.16. The van der Waals surface area contributed by atoms with Crippen molar-refractivity contribution in [2.24, 2.45) is 0 Å². The summed E-state index contributed by atoms with van der Waals surface area (Å²) < 4.78 is 13.6. The molecule has 6 heteroatoms. The molecular weight excluding hydrogens is 262 g/mol. The van der Waals surface area contributed by atoms with Crippen LogP contribution < -0.4 is 9.47 Å². The topological polar surface area (TPSA) is 52.1 Å². The van der Waals surface area contributed by atoms with Gasteiger partial charge in [0.05, 0.1) is 7.11 Å². The quantitative estimate of drug-likeness (QED) is 0.854. The van der Waals surface area contributed by atoms with Crippen LogP contribution in [0.15, 0.2) is 24.3 Å². The Morgan fingerprint density at radius 2 is 2.16 bits per heavy atom. The van der Waals surface area contributed by atoms with Crippen molar-refractivity contribution >= 4 is 12.2 Å². The van der Waals surface area contributed by atoms with Crippen LogP contribution >= 0.6 is 12.2 Å². The number of nitrogens with one attached hydrogen (secondary N) is 1. The number of methoxy groups -OCH3 is 1. The van der Waals surface area contributed by atoms with Crippen LogP contribution in [-0.2, 0) is 6.54 Å². The van der Waals surface area contributed by atoms with Crippen LogP contribution in [0.2, 0.25) is 0 Å². The van der Waals surface area contributed by atoms with Gasteiger partial charge in [-0.25, -0.2) is 0 Å². The van der Waals surface area contributed by atoms with Gasteiger partial charge in [-0.1, -0.05) is 6.07 Å². The monoisotopic (exact) mass is 279 g/mol. The summed E-state index contributed by atoms with van der Waals surface area (Å²) in [5.74, 6) is 2.29. The van der Waals surface area contributed by atoms with Crippen molar-refractivity contribution in [3.8, 4) is 11.5 Å². The van der Waals surface area contributed by atoms with Gasteiger partial charge in [0, 0.05) is 12.6 Å². The molecule has 0 aliphatic rings. The normalized spacial score (nSPS) is 12.2. The van der Waals surface area contributed by atoms with E-state index >= 15 is 0 Å². The minimum atomic E-state index is -0.194. The lowest BCUT2D eigenvalue weighted by Crippen LogP contribution is -2.11. The Labute approximate surface area is 117 Å². The highest BCUT2D eigenvalue weighted by Gasteiger charge is 2.15. The Hall–Kier alpha value is -1.82. The maximum Gasteiger partial charge on any atom is 0.195 e. The number of ether oxygens (including phenoxy) is 2. The number of hydrogen-bond acceptors (Lipinski definition) is 4. The zero-order valence-corrected chi connectivity index (χ0v) is 12.0. The van der Waals surface area contributed by atoms with E-state index in [9.17, 15) is 0 Å². The molecule has 1 N–H and O–H groups in total. The van der Waals surface area contributed by atoms with Crippen molar-refractivity contribution in [2.75, 3.05) is 7.11 Å². The molecule has 1 aromatic carbocycles. The van der Waals surface area contributed by atoms with Crippen molar-refractivity contribution < 1.29 is 9.47 Å². The van der Waals surface area contributed by atoms with Gasteiger partial charge in [-0.15, -0.1) is 0 Å². The number of aromatic nitrogens is 3. The minimum Gasteiger partial charge on any atom is -0.497 e. The molecule has 0 saturated heterocycles. The number of H-pyrrole nitrogens is 1. The van der Waals surface area contributed by atoms with Crippen LogP contribution in [0.1, 0.15) is 25.8 Å². The van der Waals surface area contributed by atoms with Gasteiger partial charge < -0.3 is 14.0 Å². The van der Waals surface area contributed by atoms with Gasteiger partial charge in [-0.05, 0) is 38.2 Å². The van der Waals surface area contributed by atoms with Crippen LogP contribution in [0.25, 0.3) is 0 Å². The SMILES string of the molecule is CCn1c(C(C)Oc2cccc(OC)c2)n[nH]c1=S. The lowest BCUT2D eigenvalue weighted by Gasteiger charge is -2.15. The summed E-state index contributed by atoms with van der Waals surface area (Å²) in [4.78, 5) is 0. The fourth-order valence-electron chi connectivity index (χ4n) is 1.88. The molecule has 5 nitrogen and oxygen atoms in total. The number of nitrogens with zero attached hydrogens (tertiary/aromatic N) is 2. The number of aromatic amines is 1. The summed E-state index contributed by atoms with van der Waals surface area (Å²) in [6.07, 6.45) is -0.194. The highest BCUT2D eigenvalue weighted by Crippen LogP contribution is 2.24. The van der Waals surface area contributed by atoms with E-state index in [0.717, 1.165) is 23.9 Å². The highest BCUT2D eigenvalue weighted by atomic mass is 32.1. The molecule has 1 atom stereocenters. The average Bonchev–Trinajstić information content (AvgIpc) is 2.80. The Bertz CT molecular complexity index is 606. The van der Waals surface area contributed by atoms with E-state index in [4.69, 9.17) is 21.7 Å². The third-order valence-electron chi connectivity index (χ3n) is 2.82. The molecule has 1 heterocycles. The third-order valence-corrected chi connectivity index (χ3v) is 3.13. The molecule has 0 amide bonds. The first-order valence-corrected chi connectivity index (χ1v) is 6.52. The maximum atomic E-state index is 5.87. The second-order valence-electron chi connectivity index (χ2n) is 4.07. The lowest BCUT2D eigenvalue weighted by atomic mass is 10.3. The largest absolute Gasteiger partial charge is 0.497 e. The van der Waals surface area contributed by atoms with Crippen molar-refractivity contribution in [3.63, 3.8) is 0 Å². The van der Waals surface area contributed by atoms with Crippen LogP contribution in [0.3, 0.4) is 0 Å². The molecule has 19 heavy (non-hydrogen) atoms. The Morgan fingerprint density at radius 3 is 2.84 bits per heavy atom. The molecule has 2 rings (SSSR count). The molecule has 0 radical (unpaired) electrons. The first-order valence-electron chi connectivity index (χ1n) is 6.11. The molecule has 0 aliphatic carbocycles. The zero-order valence-electron chi connectivity index (χ0n) is 11.2. The Balaban J connectivity index is 2.20. The standard InChI is InChI=1S/C13H17N3O2S/c1-4-16-12(14-15-13(16)19)9(2)18-11-7-5-6-10(8-11)17-3/h5-9H,4H2,1-3H3,(H,15,19). The average molecular weight is 279 g/mol. The predicted molar refractivity (Wildman–Crippen MR) is 75.1 cm³/mol. The first-order chi connectivity index (χ1) is 9.15. The molecule has 102 valence electrons. The molecule has 0 aliphatic heterocycles. The molecular formula is C13H17N3O2S. The second kappa shape index (κ2) is 5.88. The molecule has 0 saturated carbocycles. The van der Waals surface area contributed by atoms with Crippen molar-refractivity contribution in [2.45, 2.75) is 26.5 Å². The fourth-order valence-corrected chi connectivity index (χ4v) is 2.15. The summed E-state index contributed by atoms with van der Waals surface area (Å²) in [6.45, 7) is 4.72. The summed E-state index contributed by atoms with van der Waals surface area (Å²) in [5, 5.41) is 7.00. The van der Waals surface area contributed by atoms with E-state index < -0.39 is 0 Å². The van der Waals surface area contributed by atoms with E-state index in [2.05, 4.69) is 10.2 Å². The minimum absolute atomic E-state index is 0.194. The van der Waals surface area contributed by atoms with Gasteiger partial charge in [0.2, 0.25) is 0 Å². The molecule has 2 aromatic rings.